The second-order valence-electron chi connectivity index (χ2n) is 8.06. The topological polar surface area (TPSA) is 127 Å². The molecule has 0 spiro atoms. The Morgan fingerprint density at radius 2 is 1.92 bits per heavy atom. The van der Waals surface area contributed by atoms with Crippen molar-refractivity contribution in [3.63, 3.8) is 0 Å². The first-order valence-electron chi connectivity index (χ1n) is 11.4. The van der Waals surface area contributed by atoms with Crippen LogP contribution in [-0.2, 0) is 19.1 Å². The number of halogens is 2. The molecular weight excluding hydrogens is 568 g/mol. The minimum absolute atomic E-state index is 0.108. The molecule has 0 saturated carbocycles. The minimum Gasteiger partial charge on any atom is -0.493 e. The van der Waals surface area contributed by atoms with Crippen LogP contribution in [0.15, 0.2) is 39.9 Å². The maximum Gasteiger partial charge on any atom is 0.329 e. The van der Waals surface area contributed by atoms with Crippen molar-refractivity contribution in [1.82, 2.24) is 10.7 Å². The van der Waals surface area contributed by atoms with Crippen LogP contribution in [0.5, 0.6) is 11.5 Å². The van der Waals surface area contributed by atoms with E-state index >= 15 is 0 Å². The predicted molar refractivity (Wildman–Crippen MR) is 145 cm³/mol. The number of ether oxygens (including phenoxy) is 3. The van der Waals surface area contributed by atoms with Gasteiger partial charge < -0.3 is 24.8 Å². The third-order valence-corrected chi connectivity index (χ3v) is 5.70. The molecule has 10 nitrogen and oxygen atoms in total. The summed E-state index contributed by atoms with van der Waals surface area (Å²) in [6, 6.07) is 8.46. The smallest absolute Gasteiger partial charge is 0.329 e. The summed E-state index contributed by atoms with van der Waals surface area (Å²) in [6.45, 7) is 6.23. The largest absolute Gasteiger partial charge is 0.493 e. The molecular formula is C25H30BrClN4O6. The van der Waals surface area contributed by atoms with Gasteiger partial charge >= 0.3 is 11.8 Å². The molecule has 0 fully saturated rings. The molecule has 0 radical (unpaired) electrons. The third kappa shape index (κ3) is 10.4. The lowest BCUT2D eigenvalue weighted by atomic mass is 10.2. The minimum atomic E-state index is -0.895. The van der Waals surface area contributed by atoms with Crippen LogP contribution >= 0.6 is 27.5 Å². The summed E-state index contributed by atoms with van der Waals surface area (Å²) in [5.74, 6) is -1.44. The maximum absolute atomic E-state index is 12.3. The number of carbonyl (C=O) groups is 3. The summed E-state index contributed by atoms with van der Waals surface area (Å²) in [5.41, 5.74) is 4.17. The number of amides is 3. The van der Waals surface area contributed by atoms with Gasteiger partial charge in [-0.2, -0.15) is 5.10 Å². The fraction of sp³-hybridized carbons (Fsp3) is 0.360. The lowest BCUT2D eigenvalue weighted by Gasteiger charge is -2.13. The average molecular weight is 598 g/mol. The van der Waals surface area contributed by atoms with Crippen LogP contribution in [0.1, 0.15) is 31.4 Å². The third-order valence-electron chi connectivity index (χ3n) is 4.70. The van der Waals surface area contributed by atoms with E-state index in [1.54, 1.807) is 30.3 Å². The van der Waals surface area contributed by atoms with Crippen molar-refractivity contribution < 1.29 is 28.6 Å². The zero-order valence-electron chi connectivity index (χ0n) is 21.0. The molecule has 3 amide bonds. The number of nitrogens with one attached hydrogen (secondary N) is 3. The standard InChI is InChI=1S/C25H30BrClN4O6/c1-15(2)36-9-5-8-28-24(33)25(34)31-29-13-17-10-19(26)23(21(11-17)35-4)37-14-22(32)30-18-7-6-16(3)20(27)12-18/h6-7,10-13,15H,5,8-9,14H2,1-4H3,(H,28,33)(H,30,32)(H,31,34)/b29-13-. The van der Waals surface area contributed by atoms with Crippen LogP contribution in [0.3, 0.4) is 0 Å². The van der Waals surface area contributed by atoms with Gasteiger partial charge in [-0.05, 0) is 78.5 Å². The van der Waals surface area contributed by atoms with Crippen molar-refractivity contribution in [2.45, 2.75) is 33.3 Å². The van der Waals surface area contributed by atoms with Gasteiger partial charge in [-0.3, -0.25) is 14.4 Å². The van der Waals surface area contributed by atoms with Gasteiger partial charge in [0, 0.05) is 23.9 Å². The number of rotatable bonds is 12. The normalized spacial score (nSPS) is 10.9. The first-order valence-corrected chi connectivity index (χ1v) is 12.6. The average Bonchev–Trinajstić information content (AvgIpc) is 2.84. The molecule has 37 heavy (non-hydrogen) atoms. The highest BCUT2D eigenvalue weighted by atomic mass is 79.9. The van der Waals surface area contributed by atoms with Crippen molar-refractivity contribution in [1.29, 1.82) is 0 Å². The van der Waals surface area contributed by atoms with E-state index in [0.29, 0.717) is 51.8 Å². The Bertz CT molecular complexity index is 1140. The number of nitrogens with zero attached hydrogens (tertiary/aromatic N) is 1. The van der Waals surface area contributed by atoms with E-state index in [9.17, 15) is 14.4 Å². The number of aryl methyl sites for hydroxylation is 1. The van der Waals surface area contributed by atoms with Gasteiger partial charge in [0.15, 0.2) is 18.1 Å². The van der Waals surface area contributed by atoms with Crippen LogP contribution in [0.2, 0.25) is 5.02 Å². The van der Waals surface area contributed by atoms with Gasteiger partial charge in [0.25, 0.3) is 5.91 Å². The van der Waals surface area contributed by atoms with E-state index in [0.717, 1.165) is 5.56 Å². The first-order chi connectivity index (χ1) is 17.6. The summed E-state index contributed by atoms with van der Waals surface area (Å²) in [6.07, 6.45) is 2.04. The monoisotopic (exact) mass is 596 g/mol. The molecule has 2 rings (SSSR count). The van der Waals surface area contributed by atoms with Crippen LogP contribution in [0.4, 0.5) is 5.69 Å². The molecule has 0 aliphatic carbocycles. The fourth-order valence-corrected chi connectivity index (χ4v) is 3.60. The van der Waals surface area contributed by atoms with Gasteiger partial charge in [0.2, 0.25) is 0 Å². The Morgan fingerprint density at radius 1 is 1.16 bits per heavy atom. The molecule has 0 unspecified atom stereocenters. The molecule has 0 heterocycles. The molecule has 200 valence electrons. The molecule has 0 aliphatic rings. The Kier molecular flexibility index (Phi) is 12.3. The van der Waals surface area contributed by atoms with Crippen LogP contribution < -0.4 is 25.5 Å². The van der Waals surface area contributed by atoms with Crippen molar-refractivity contribution >= 4 is 57.2 Å². The number of anilines is 1. The van der Waals surface area contributed by atoms with Crippen molar-refractivity contribution in [2.24, 2.45) is 5.10 Å². The van der Waals surface area contributed by atoms with Gasteiger partial charge in [0.05, 0.1) is 23.9 Å². The zero-order chi connectivity index (χ0) is 27.4. The Labute approximate surface area is 229 Å². The molecule has 0 aliphatic heterocycles. The van der Waals surface area contributed by atoms with E-state index in [2.05, 4.69) is 37.1 Å². The quantitative estimate of drug-likeness (QED) is 0.148. The number of hydrogen-bond acceptors (Lipinski definition) is 7. The Balaban J connectivity index is 1.89. The summed E-state index contributed by atoms with van der Waals surface area (Å²) in [5, 5.41) is 9.56. The summed E-state index contributed by atoms with van der Waals surface area (Å²) < 4.78 is 16.9. The maximum atomic E-state index is 12.3. The van der Waals surface area contributed by atoms with E-state index in [-0.39, 0.29) is 18.6 Å². The lowest BCUT2D eigenvalue weighted by Crippen LogP contribution is -2.38. The summed E-state index contributed by atoms with van der Waals surface area (Å²) in [4.78, 5) is 36.0. The molecule has 2 aromatic carbocycles. The molecule has 12 heteroatoms. The van der Waals surface area contributed by atoms with Crippen molar-refractivity contribution in [3.8, 4) is 11.5 Å². The second-order valence-corrected chi connectivity index (χ2v) is 9.32. The van der Waals surface area contributed by atoms with Crippen LogP contribution in [0.25, 0.3) is 0 Å². The summed E-state index contributed by atoms with van der Waals surface area (Å²) >= 11 is 9.48. The number of carbonyl (C=O) groups excluding carboxylic acids is 3. The molecule has 0 aromatic heterocycles. The fourth-order valence-electron chi connectivity index (χ4n) is 2.85. The Morgan fingerprint density at radius 3 is 2.59 bits per heavy atom. The van der Waals surface area contributed by atoms with Gasteiger partial charge in [-0.25, -0.2) is 5.43 Å². The molecule has 2 aromatic rings. The first kappa shape index (κ1) is 30.1. The molecule has 0 atom stereocenters. The van der Waals surface area contributed by atoms with E-state index in [1.807, 2.05) is 20.8 Å². The van der Waals surface area contributed by atoms with Crippen molar-refractivity contribution in [2.75, 3.05) is 32.2 Å². The highest BCUT2D eigenvalue weighted by Gasteiger charge is 2.15. The van der Waals surface area contributed by atoms with Gasteiger partial charge in [-0.1, -0.05) is 17.7 Å². The number of hydrogen-bond donors (Lipinski definition) is 3. The van der Waals surface area contributed by atoms with Crippen LogP contribution in [-0.4, -0.2) is 56.9 Å². The van der Waals surface area contributed by atoms with E-state index < -0.39 is 11.8 Å². The molecule has 0 saturated heterocycles. The van der Waals surface area contributed by atoms with E-state index in [4.69, 9.17) is 25.8 Å². The van der Waals surface area contributed by atoms with E-state index in [1.165, 1.54) is 13.3 Å². The highest BCUT2D eigenvalue weighted by molar-refractivity contribution is 9.10. The molecule has 0 bridgehead atoms. The second kappa shape index (κ2) is 15.2. The summed E-state index contributed by atoms with van der Waals surface area (Å²) in [7, 11) is 1.45. The number of methoxy groups -OCH3 is 1. The zero-order valence-corrected chi connectivity index (χ0v) is 23.4. The van der Waals surface area contributed by atoms with Crippen LogP contribution in [0, 0.1) is 6.92 Å². The predicted octanol–water partition coefficient (Wildman–Crippen LogP) is 3.82. The van der Waals surface area contributed by atoms with Gasteiger partial charge in [-0.15, -0.1) is 0 Å². The Hall–Kier alpha value is -3.15. The number of benzene rings is 2. The highest BCUT2D eigenvalue weighted by Crippen LogP contribution is 2.36. The van der Waals surface area contributed by atoms with Crippen molar-refractivity contribution in [3.05, 3.63) is 51.0 Å². The SMILES string of the molecule is COc1cc(/C=N\NC(=O)C(=O)NCCCOC(C)C)cc(Br)c1OCC(=O)Nc1ccc(C)c(Cl)c1. The number of hydrazone groups is 1. The lowest BCUT2D eigenvalue weighted by molar-refractivity contribution is -0.139. The molecule has 3 N–H and O–H groups in total. The van der Waals surface area contributed by atoms with Gasteiger partial charge in [0.1, 0.15) is 0 Å².